The van der Waals surface area contributed by atoms with Gasteiger partial charge >= 0.3 is 25.7 Å². The maximum Gasteiger partial charge on any atom is 0.472 e. The monoisotopic (exact) mass is 1010 g/mol. The van der Waals surface area contributed by atoms with E-state index in [0.717, 1.165) is 116 Å². The first-order valence-electron chi connectivity index (χ1n) is 28.2. The molecule has 2 N–H and O–H groups in total. The van der Waals surface area contributed by atoms with Gasteiger partial charge in [-0.2, -0.15) is 0 Å². The van der Waals surface area contributed by atoms with Crippen molar-refractivity contribution in [2.45, 2.75) is 264 Å². The number of aliphatic hydroxyl groups excluding tert-OH is 1. The van der Waals surface area contributed by atoms with Gasteiger partial charge < -0.3 is 24.2 Å². The van der Waals surface area contributed by atoms with Gasteiger partial charge in [0.25, 0.3) is 0 Å². The summed E-state index contributed by atoms with van der Waals surface area (Å²) < 4.78 is 39.5. The lowest BCUT2D eigenvalue weighted by atomic mass is 10.0. The topological polar surface area (TPSA) is 155 Å². The highest BCUT2D eigenvalue weighted by molar-refractivity contribution is 7.47. The van der Waals surface area contributed by atoms with Crippen molar-refractivity contribution in [3.05, 3.63) is 60.8 Å². The van der Waals surface area contributed by atoms with E-state index in [2.05, 4.69) is 81.5 Å². The maximum absolute atomic E-state index is 12.9. The van der Waals surface area contributed by atoms with Crippen molar-refractivity contribution in [1.82, 2.24) is 0 Å². The number of aliphatic hydroxyl groups is 1. The summed E-state index contributed by atoms with van der Waals surface area (Å²) in [6, 6.07) is 0. The van der Waals surface area contributed by atoms with Crippen molar-refractivity contribution >= 4 is 25.7 Å². The summed E-state index contributed by atoms with van der Waals surface area (Å²) >= 11 is 0. The third kappa shape index (κ3) is 50.1. The normalized spacial score (nSPS) is 13.8. The van der Waals surface area contributed by atoms with Gasteiger partial charge in [0.05, 0.1) is 19.8 Å². The molecule has 3 atom stereocenters. The quantitative estimate of drug-likeness (QED) is 0.0197. The molecule has 0 fully saturated rings. The summed E-state index contributed by atoms with van der Waals surface area (Å²) in [4.78, 5) is 48.5. The molecule has 0 amide bonds. The van der Waals surface area contributed by atoms with E-state index < -0.39 is 57.8 Å². The standard InChI is InChI=1S/C58H103O11P/c1-4-7-10-13-16-19-22-25-27-30-32-35-38-41-44-47-56(60)65-51-55(69-58(62)49-46-43-40-37-34-31-28-26-23-20-17-14-11-8-5-2)53-67-70(63,64)66-52-54(50-59)68-57(61)48-45-42-39-36-33-29-24-21-18-15-12-9-6-3/h7,10,12,15-16,19,21,24-25,27,54-55,59H,4-6,8-9,11,13-14,17-18,20,22-23,26,28-53H2,1-3H3,(H,63,64)/b10-7-,15-12-,19-16-,24-21-,27-25-. The molecule has 406 valence electrons. The number of rotatable bonds is 52. The second-order valence-corrected chi connectivity index (χ2v) is 20.2. The number of esters is 3. The second kappa shape index (κ2) is 52.5. The fourth-order valence-electron chi connectivity index (χ4n) is 7.64. The molecule has 0 aromatic heterocycles. The van der Waals surface area contributed by atoms with Gasteiger partial charge in [-0.3, -0.25) is 23.4 Å². The predicted molar refractivity (Wildman–Crippen MR) is 288 cm³/mol. The Labute approximate surface area is 427 Å². The highest BCUT2D eigenvalue weighted by atomic mass is 31.2. The Morgan fingerprint density at radius 2 is 0.771 bits per heavy atom. The highest BCUT2D eigenvalue weighted by Gasteiger charge is 2.28. The molecule has 11 nitrogen and oxygen atoms in total. The van der Waals surface area contributed by atoms with Gasteiger partial charge in [-0.25, -0.2) is 4.57 Å². The van der Waals surface area contributed by atoms with Gasteiger partial charge in [0, 0.05) is 19.3 Å². The Balaban J connectivity index is 4.75. The van der Waals surface area contributed by atoms with E-state index in [1.165, 1.54) is 77.0 Å². The molecule has 12 heteroatoms. The zero-order valence-corrected chi connectivity index (χ0v) is 45.6. The molecular weight excluding hydrogens is 904 g/mol. The van der Waals surface area contributed by atoms with Crippen molar-refractivity contribution in [2.24, 2.45) is 0 Å². The van der Waals surface area contributed by atoms with Crippen molar-refractivity contribution in [3.63, 3.8) is 0 Å². The van der Waals surface area contributed by atoms with Crippen LogP contribution in [0.1, 0.15) is 252 Å². The van der Waals surface area contributed by atoms with Crippen LogP contribution < -0.4 is 0 Å². The number of phosphoric ester groups is 1. The predicted octanol–water partition coefficient (Wildman–Crippen LogP) is 16.4. The minimum atomic E-state index is -4.75. The first-order chi connectivity index (χ1) is 34.2. The Hall–Kier alpha value is -2.82. The largest absolute Gasteiger partial charge is 0.472 e. The summed E-state index contributed by atoms with van der Waals surface area (Å²) in [5.41, 5.74) is 0. The number of hydrogen-bond donors (Lipinski definition) is 2. The average Bonchev–Trinajstić information content (AvgIpc) is 3.35. The zero-order valence-electron chi connectivity index (χ0n) is 44.7. The molecule has 0 saturated heterocycles. The summed E-state index contributed by atoms with van der Waals surface area (Å²) in [7, 11) is -4.75. The molecule has 0 aromatic carbocycles. The van der Waals surface area contributed by atoms with Gasteiger partial charge in [0.1, 0.15) is 12.7 Å². The van der Waals surface area contributed by atoms with Crippen LogP contribution in [0.2, 0.25) is 0 Å². The summed E-state index contributed by atoms with van der Waals surface area (Å²) in [6.45, 7) is 4.45. The fraction of sp³-hybridized carbons (Fsp3) is 0.776. The minimum absolute atomic E-state index is 0.160. The lowest BCUT2D eigenvalue weighted by molar-refractivity contribution is -0.161. The van der Waals surface area contributed by atoms with Crippen LogP contribution in [0.3, 0.4) is 0 Å². The minimum Gasteiger partial charge on any atom is -0.462 e. The van der Waals surface area contributed by atoms with E-state index in [1.54, 1.807) is 0 Å². The van der Waals surface area contributed by atoms with Crippen molar-refractivity contribution in [3.8, 4) is 0 Å². The van der Waals surface area contributed by atoms with Crippen molar-refractivity contribution < 1.29 is 52.2 Å². The van der Waals surface area contributed by atoms with E-state index in [1.807, 2.05) is 0 Å². The van der Waals surface area contributed by atoms with Gasteiger partial charge in [0.2, 0.25) is 0 Å². The molecule has 0 aliphatic carbocycles. The van der Waals surface area contributed by atoms with Crippen LogP contribution in [0.25, 0.3) is 0 Å². The highest BCUT2D eigenvalue weighted by Crippen LogP contribution is 2.43. The molecule has 70 heavy (non-hydrogen) atoms. The lowest BCUT2D eigenvalue weighted by Crippen LogP contribution is -2.30. The molecule has 0 spiro atoms. The van der Waals surface area contributed by atoms with E-state index >= 15 is 0 Å². The number of phosphoric acid groups is 1. The molecule has 0 aliphatic heterocycles. The molecule has 0 aliphatic rings. The van der Waals surface area contributed by atoms with Crippen LogP contribution in [-0.2, 0) is 42.2 Å². The van der Waals surface area contributed by atoms with E-state index in [4.69, 9.17) is 23.3 Å². The van der Waals surface area contributed by atoms with Crippen LogP contribution in [0, 0.1) is 0 Å². The van der Waals surface area contributed by atoms with E-state index in [9.17, 15) is 28.9 Å². The van der Waals surface area contributed by atoms with Gasteiger partial charge in [-0.15, -0.1) is 0 Å². The molecule has 0 rings (SSSR count). The van der Waals surface area contributed by atoms with Crippen molar-refractivity contribution in [2.75, 3.05) is 26.4 Å². The van der Waals surface area contributed by atoms with Crippen molar-refractivity contribution in [1.29, 1.82) is 0 Å². The first-order valence-corrected chi connectivity index (χ1v) is 29.7. The average molecular weight is 1010 g/mol. The molecular formula is C58H103O11P. The number of carbonyl (C=O) groups excluding carboxylic acids is 3. The molecule has 0 heterocycles. The Bertz CT molecular complexity index is 1410. The number of ether oxygens (including phenoxy) is 3. The fourth-order valence-corrected chi connectivity index (χ4v) is 8.43. The smallest absolute Gasteiger partial charge is 0.462 e. The second-order valence-electron chi connectivity index (χ2n) is 18.7. The lowest BCUT2D eigenvalue weighted by Gasteiger charge is -2.21. The van der Waals surface area contributed by atoms with Crippen LogP contribution in [0.4, 0.5) is 0 Å². The Morgan fingerprint density at radius 1 is 0.414 bits per heavy atom. The number of carbonyl (C=O) groups is 3. The summed E-state index contributed by atoms with van der Waals surface area (Å²) in [6.07, 6.45) is 56.1. The maximum atomic E-state index is 12.9. The van der Waals surface area contributed by atoms with E-state index in [0.29, 0.717) is 19.3 Å². The molecule has 0 bridgehead atoms. The van der Waals surface area contributed by atoms with E-state index in [-0.39, 0.29) is 25.9 Å². The SMILES string of the molecule is CC/C=C\C/C=C\C/C=C\CCCCCCCC(=O)OCC(COP(=O)(O)OCC(CO)OC(=O)CCCCCCC/C=C\C/C=C\CCC)OC(=O)CCCCCCCCCCCCCCCCC. The zero-order chi connectivity index (χ0) is 51.3. The van der Waals surface area contributed by atoms with Gasteiger partial charge in [0.15, 0.2) is 6.10 Å². The van der Waals surface area contributed by atoms with Crippen LogP contribution in [-0.4, -0.2) is 66.5 Å². The van der Waals surface area contributed by atoms with Crippen LogP contribution >= 0.6 is 7.82 Å². The number of allylic oxidation sites excluding steroid dienone is 10. The Kier molecular flexibility index (Phi) is 50.4. The Morgan fingerprint density at radius 3 is 1.20 bits per heavy atom. The number of unbranched alkanes of at least 4 members (excludes halogenated alkanes) is 25. The van der Waals surface area contributed by atoms with Gasteiger partial charge in [-0.1, -0.05) is 216 Å². The van der Waals surface area contributed by atoms with Crippen LogP contribution in [0.5, 0.6) is 0 Å². The first kappa shape index (κ1) is 67.2. The van der Waals surface area contributed by atoms with Crippen LogP contribution in [0.15, 0.2) is 60.8 Å². The summed E-state index contributed by atoms with van der Waals surface area (Å²) in [5.74, 6) is -1.49. The molecule has 0 radical (unpaired) electrons. The number of hydrogen-bond acceptors (Lipinski definition) is 10. The third-order valence-electron chi connectivity index (χ3n) is 11.9. The third-order valence-corrected chi connectivity index (χ3v) is 12.9. The molecule has 3 unspecified atom stereocenters. The summed E-state index contributed by atoms with van der Waals surface area (Å²) in [5, 5.41) is 9.79. The van der Waals surface area contributed by atoms with Gasteiger partial charge in [-0.05, 0) is 77.0 Å². The molecule has 0 saturated carbocycles. The molecule has 0 aromatic rings.